The molecular weight excluding hydrogens is 396 g/mol. The number of imidazole rings is 1. The number of aromatic amines is 1. The summed E-state index contributed by atoms with van der Waals surface area (Å²) in [5.41, 5.74) is 6.46. The van der Waals surface area contributed by atoms with E-state index in [1.165, 1.54) is 19.4 Å². The van der Waals surface area contributed by atoms with E-state index in [0.29, 0.717) is 12.1 Å². The predicted molar refractivity (Wildman–Crippen MR) is 106 cm³/mol. The Morgan fingerprint density at radius 1 is 1.17 bits per heavy atom. The first kappa shape index (κ1) is 25.0. The van der Waals surface area contributed by atoms with Crippen LogP contribution in [0, 0.1) is 5.92 Å². The molecule has 1 heterocycles. The van der Waals surface area contributed by atoms with Crippen LogP contribution in [-0.4, -0.2) is 74.6 Å². The van der Waals surface area contributed by atoms with E-state index < -0.39 is 54.5 Å². The lowest BCUT2D eigenvalue weighted by atomic mass is 9.97. The summed E-state index contributed by atoms with van der Waals surface area (Å²) < 4.78 is 0. The summed E-state index contributed by atoms with van der Waals surface area (Å²) in [6, 6.07) is -3.45. The van der Waals surface area contributed by atoms with Crippen molar-refractivity contribution in [1.29, 1.82) is 0 Å². The van der Waals surface area contributed by atoms with Gasteiger partial charge in [-0.1, -0.05) is 20.3 Å². The summed E-state index contributed by atoms with van der Waals surface area (Å²) in [5, 5.41) is 25.8. The Morgan fingerprint density at radius 3 is 2.33 bits per heavy atom. The van der Waals surface area contributed by atoms with Gasteiger partial charge in [-0.25, -0.2) is 9.78 Å². The summed E-state index contributed by atoms with van der Waals surface area (Å²) in [6.07, 6.45) is 2.40. The maximum Gasteiger partial charge on any atom is 0.328 e. The van der Waals surface area contributed by atoms with Crippen molar-refractivity contribution in [3.63, 3.8) is 0 Å². The number of rotatable bonds is 12. The van der Waals surface area contributed by atoms with Gasteiger partial charge in [-0.15, -0.1) is 0 Å². The first-order valence-electron chi connectivity index (χ1n) is 9.57. The van der Waals surface area contributed by atoms with Gasteiger partial charge in [-0.2, -0.15) is 0 Å². The van der Waals surface area contributed by atoms with Crippen LogP contribution in [0.5, 0.6) is 0 Å². The molecule has 0 aromatic carbocycles. The van der Waals surface area contributed by atoms with Gasteiger partial charge >= 0.3 is 5.97 Å². The molecule has 1 aromatic rings. The van der Waals surface area contributed by atoms with Gasteiger partial charge in [0.05, 0.1) is 25.0 Å². The van der Waals surface area contributed by atoms with Gasteiger partial charge < -0.3 is 36.9 Å². The fourth-order valence-corrected chi connectivity index (χ4v) is 2.58. The Morgan fingerprint density at radius 2 is 1.83 bits per heavy atom. The molecule has 30 heavy (non-hydrogen) atoms. The molecule has 0 radical (unpaired) electrons. The molecule has 1 rings (SSSR count). The highest BCUT2D eigenvalue weighted by molar-refractivity contribution is 5.92. The second-order valence-electron chi connectivity index (χ2n) is 7.10. The van der Waals surface area contributed by atoms with E-state index in [0.717, 1.165) is 0 Å². The molecule has 0 aliphatic heterocycles. The van der Waals surface area contributed by atoms with Gasteiger partial charge in [-0.05, 0) is 12.8 Å². The molecule has 0 aliphatic carbocycles. The standard InChI is InChI=1S/C18H30N6O6/c1-4-9(2)14(17(28)24-15(10(3)25)18(29)30)23-13(26)7-21-16(27)12(19)5-11-6-20-8-22-11/h6,8-10,12,14-15,25H,4-5,7,19H2,1-3H3,(H,20,22)(H,21,27)(H,23,26)(H,24,28)(H,29,30). The molecule has 3 amide bonds. The number of amides is 3. The lowest BCUT2D eigenvalue weighted by Gasteiger charge is -2.26. The number of hydrogen-bond acceptors (Lipinski definition) is 7. The van der Waals surface area contributed by atoms with Crippen molar-refractivity contribution in [2.45, 2.75) is 57.8 Å². The summed E-state index contributed by atoms with van der Waals surface area (Å²) >= 11 is 0. The zero-order valence-electron chi connectivity index (χ0n) is 17.2. The average Bonchev–Trinajstić information content (AvgIpc) is 3.19. The molecule has 0 saturated heterocycles. The third kappa shape index (κ3) is 7.79. The highest BCUT2D eigenvalue weighted by Crippen LogP contribution is 2.09. The number of carbonyl (C=O) groups is 4. The van der Waals surface area contributed by atoms with Crippen molar-refractivity contribution in [3.8, 4) is 0 Å². The normalized spacial score (nSPS) is 15.9. The number of aliphatic hydroxyl groups is 1. The van der Waals surface area contributed by atoms with Gasteiger partial charge in [0.1, 0.15) is 6.04 Å². The largest absolute Gasteiger partial charge is 0.480 e. The minimum absolute atomic E-state index is 0.210. The van der Waals surface area contributed by atoms with Crippen LogP contribution >= 0.6 is 0 Å². The molecule has 0 spiro atoms. The van der Waals surface area contributed by atoms with E-state index in [1.54, 1.807) is 13.8 Å². The number of aromatic nitrogens is 2. The van der Waals surface area contributed by atoms with Crippen LogP contribution in [0.2, 0.25) is 0 Å². The third-order valence-corrected chi connectivity index (χ3v) is 4.61. The second-order valence-corrected chi connectivity index (χ2v) is 7.10. The summed E-state index contributed by atoms with van der Waals surface area (Å²) in [6.45, 7) is 4.34. The highest BCUT2D eigenvalue weighted by atomic mass is 16.4. The topological polar surface area (TPSA) is 200 Å². The molecular formula is C18H30N6O6. The zero-order chi connectivity index (χ0) is 22.8. The average molecular weight is 426 g/mol. The van der Waals surface area contributed by atoms with Crippen molar-refractivity contribution in [2.24, 2.45) is 11.7 Å². The number of aliphatic carboxylic acids is 1. The monoisotopic (exact) mass is 426 g/mol. The van der Waals surface area contributed by atoms with Crippen molar-refractivity contribution in [2.75, 3.05) is 6.54 Å². The van der Waals surface area contributed by atoms with E-state index in [4.69, 9.17) is 10.8 Å². The fraction of sp³-hybridized carbons (Fsp3) is 0.611. The Bertz CT molecular complexity index is 723. The molecule has 5 unspecified atom stereocenters. The number of carboxylic acid groups (broad SMARTS) is 1. The number of hydrogen-bond donors (Lipinski definition) is 7. The SMILES string of the molecule is CCC(C)C(NC(=O)CNC(=O)C(N)Cc1cnc[nH]1)C(=O)NC(C(=O)O)C(C)O. The second kappa shape index (κ2) is 11.9. The number of nitrogens with two attached hydrogens (primary N) is 1. The first-order chi connectivity index (χ1) is 14.1. The fourth-order valence-electron chi connectivity index (χ4n) is 2.58. The maximum absolute atomic E-state index is 12.5. The molecule has 5 atom stereocenters. The number of carbonyl (C=O) groups excluding carboxylic acids is 3. The van der Waals surface area contributed by atoms with Crippen LogP contribution in [0.25, 0.3) is 0 Å². The van der Waals surface area contributed by atoms with Crippen LogP contribution < -0.4 is 21.7 Å². The lowest BCUT2D eigenvalue weighted by molar-refractivity contribution is -0.145. The summed E-state index contributed by atoms with van der Waals surface area (Å²) in [5.74, 6) is -3.65. The molecule has 8 N–H and O–H groups in total. The van der Waals surface area contributed by atoms with E-state index in [2.05, 4.69) is 25.9 Å². The Labute approximate surface area is 174 Å². The minimum atomic E-state index is -1.51. The van der Waals surface area contributed by atoms with Gasteiger partial charge in [0, 0.05) is 18.3 Å². The van der Waals surface area contributed by atoms with Crippen molar-refractivity contribution >= 4 is 23.7 Å². The maximum atomic E-state index is 12.5. The van der Waals surface area contributed by atoms with E-state index in [9.17, 15) is 24.3 Å². The molecule has 0 aliphatic rings. The van der Waals surface area contributed by atoms with Crippen LogP contribution in [0.15, 0.2) is 12.5 Å². The van der Waals surface area contributed by atoms with Crippen LogP contribution in [0.1, 0.15) is 32.9 Å². The number of nitrogens with zero attached hydrogens (tertiary/aromatic N) is 1. The molecule has 0 saturated carbocycles. The van der Waals surface area contributed by atoms with E-state index >= 15 is 0 Å². The van der Waals surface area contributed by atoms with Crippen LogP contribution in [-0.2, 0) is 25.6 Å². The zero-order valence-corrected chi connectivity index (χ0v) is 17.2. The summed E-state index contributed by atoms with van der Waals surface area (Å²) in [4.78, 5) is 54.6. The van der Waals surface area contributed by atoms with Gasteiger partial charge in [0.25, 0.3) is 0 Å². The Balaban J connectivity index is 2.64. The lowest BCUT2D eigenvalue weighted by Crippen LogP contribution is -2.57. The van der Waals surface area contributed by atoms with Gasteiger partial charge in [-0.3, -0.25) is 14.4 Å². The smallest absolute Gasteiger partial charge is 0.328 e. The number of aliphatic hydroxyl groups excluding tert-OH is 1. The van der Waals surface area contributed by atoms with Crippen molar-refractivity contribution in [3.05, 3.63) is 18.2 Å². The molecule has 0 fully saturated rings. The molecule has 12 nitrogen and oxygen atoms in total. The van der Waals surface area contributed by atoms with E-state index in [-0.39, 0.29) is 12.3 Å². The van der Waals surface area contributed by atoms with Gasteiger partial charge in [0.15, 0.2) is 6.04 Å². The molecule has 1 aromatic heterocycles. The van der Waals surface area contributed by atoms with E-state index in [1.807, 2.05) is 0 Å². The summed E-state index contributed by atoms with van der Waals surface area (Å²) in [7, 11) is 0. The predicted octanol–water partition coefficient (Wildman–Crippen LogP) is -2.12. The minimum Gasteiger partial charge on any atom is -0.480 e. The van der Waals surface area contributed by atoms with Crippen molar-refractivity contribution < 1.29 is 29.4 Å². The van der Waals surface area contributed by atoms with Crippen LogP contribution in [0.3, 0.4) is 0 Å². The molecule has 168 valence electrons. The Kier molecular flexibility index (Phi) is 9.92. The highest BCUT2D eigenvalue weighted by Gasteiger charge is 2.31. The first-order valence-corrected chi connectivity index (χ1v) is 9.57. The molecule has 12 heteroatoms. The number of H-pyrrole nitrogens is 1. The molecule has 0 bridgehead atoms. The van der Waals surface area contributed by atoms with Crippen molar-refractivity contribution in [1.82, 2.24) is 25.9 Å². The van der Waals surface area contributed by atoms with Crippen LogP contribution in [0.4, 0.5) is 0 Å². The Hall–Kier alpha value is -2.99. The number of carboxylic acids is 1. The third-order valence-electron chi connectivity index (χ3n) is 4.61. The van der Waals surface area contributed by atoms with Gasteiger partial charge in [0.2, 0.25) is 17.7 Å². The quantitative estimate of drug-likeness (QED) is 0.196. The number of nitrogens with one attached hydrogen (secondary N) is 4.